The van der Waals surface area contributed by atoms with Gasteiger partial charge >= 0.3 is 0 Å². The Morgan fingerprint density at radius 2 is 1.45 bits per heavy atom. The highest BCUT2D eigenvalue weighted by Gasteiger charge is 2.15. The number of hydrogen-bond donors (Lipinski definition) is 0. The summed E-state index contributed by atoms with van der Waals surface area (Å²) in [7, 11) is 5.86. The van der Waals surface area contributed by atoms with Crippen LogP contribution < -0.4 is 5.59 Å². The summed E-state index contributed by atoms with van der Waals surface area (Å²) in [5.74, 6) is 0. The van der Waals surface area contributed by atoms with E-state index in [4.69, 9.17) is 7.85 Å². The van der Waals surface area contributed by atoms with Gasteiger partial charge in [0.05, 0.1) is 0 Å². The minimum Gasteiger partial charge on any atom is -0.260 e. The maximum absolute atomic E-state index is 5.86. The fourth-order valence-corrected chi connectivity index (χ4v) is 4.32. The lowest BCUT2D eigenvalue weighted by atomic mass is 9.98. The molecule has 0 bridgehead atoms. The van der Waals surface area contributed by atoms with Crippen LogP contribution in [0.1, 0.15) is 0 Å². The Hall–Kier alpha value is -2.46. The van der Waals surface area contributed by atoms with Crippen LogP contribution in [0.5, 0.6) is 0 Å². The van der Waals surface area contributed by atoms with E-state index in [2.05, 4.69) is 58.5 Å². The molecule has 2 nitrogen and oxygen atoms in total. The first-order valence-electron chi connectivity index (χ1n) is 7.07. The van der Waals surface area contributed by atoms with E-state index in [9.17, 15) is 0 Å². The van der Waals surface area contributed by atoms with Crippen molar-refractivity contribution in [1.29, 1.82) is 0 Å². The fourth-order valence-electron chi connectivity index (χ4n) is 3.18. The number of aromatic nitrogens is 2. The molecule has 0 N–H and O–H groups in total. The average Bonchev–Trinajstić information content (AvgIpc) is 2.94. The van der Waals surface area contributed by atoms with Crippen molar-refractivity contribution in [3.63, 3.8) is 0 Å². The molecule has 22 heavy (non-hydrogen) atoms. The van der Waals surface area contributed by atoms with E-state index in [0.717, 1.165) is 15.7 Å². The van der Waals surface area contributed by atoms with Gasteiger partial charge in [0, 0.05) is 27.3 Å². The van der Waals surface area contributed by atoms with Crippen molar-refractivity contribution in [3.05, 3.63) is 54.7 Å². The summed E-state index contributed by atoms with van der Waals surface area (Å²) in [6.45, 7) is 0. The lowest BCUT2D eigenvalue weighted by Crippen LogP contribution is -2.07. The molecule has 0 saturated heterocycles. The van der Waals surface area contributed by atoms with E-state index in [0.29, 0.717) is 5.59 Å². The zero-order valence-corrected chi connectivity index (χ0v) is 12.4. The number of nitrogens with zero attached hydrogens (tertiary/aromatic N) is 2. The number of fused-ring (bicyclic) bond motifs is 8. The molecule has 2 radical (unpaired) electrons. The van der Waals surface area contributed by atoms with Gasteiger partial charge in [-0.2, -0.15) is 0 Å². The normalized spacial score (nSPS) is 11.8. The second-order valence-corrected chi connectivity index (χ2v) is 6.35. The number of benzene rings is 3. The molecule has 0 fully saturated rings. The monoisotopic (exact) mass is 296 g/mol. The van der Waals surface area contributed by atoms with Gasteiger partial charge in [-0.05, 0) is 16.2 Å². The molecule has 0 atom stereocenters. The first-order chi connectivity index (χ1) is 10.8. The molecule has 0 saturated carbocycles. The van der Waals surface area contributed by atoms with E-state index in [1.165, 1.54) is 26.2 Å². The van der Waals surface area contributed by atoms with Crippen molar-refractivity contribution in [1.82, 2.24) is 9.97 Å². The predicted molar refractivity (Wildman–Crippen MR) is 95.3 cm³/mol. The zero-order chi connectivity index (χ0) is 14.7. The molecular formula is C18H9BN2S. The Kier molecular flexibility index (Phi) is 2.36. The highest BCUT2D eigenvalue weighted by Crippen LogP contribution is 2.41. The fraction of sp³-hybridized carbons (Fsp3) is 0. The Morgan fingerprint density at radius 3 is 2.23 bits per heavy atom. The van der Waals surface area contributed by atoms with Gasteiger partial charge in [0.25, 0.3) is 0 Å². The molecule has 4 heteroatoms. The van der Waals surface area contributed by atoms with Crippen molar-refractivity contribution >= 4 is 66.8 Å². The summed E-state index contributed by atoms with van der Waals surface area (Å²) < 4.78 is 1.23. The van der Waals surface area contributed by atoms with Crippen molar-refractivity contribution in [3.8, 4) is 0 Å². The van der Waals surface area contributed by atoms with Gasteiger partial charge in [-0.25, -0.2) is 4.98 Å². The van der Waals surface area contributed by atoms with Crippen molar-refractivity contribution in [2.75, 3.05) is 0 Å². The quantitative estimate of drug-likeness (QED) is 0.319. The van der Waals surface area contributed by atoms with Gasteiger partial charge < -0.3 is 0 Å². The molecule has 3 aromatic carbocycles. The van der Waals surface area contributed by atoms with Crippen molar-refractivity contribution in [2.24, 2.45) is 0 Å². The number of rotatable bonds is 0. The number of hydrogen-bond acceptors (Lipinski definition) is 3. The first kappa shape index (κ1) is 12.1. The molecule has 5 aromatic rings. The van der Waals surface area contributed by atoms with Gasteiger partial charge in [0.2, 0.25) is 0 Å². The zero-order valence-electron chi connectivity index (χ0n) is 11.6. The largest absolute Gasteiger partial charge is 0.260 e. The third-order valence-electron chi connectivity index (χ3n) is 4.08. The lowest BCUT2D eigenvalue weighted by Gasteiger charge is -2.06. The van der Waals surface area contributed by atoms with Gasteiger partial charge in [-0.3, -0.25) is 4.98 Å². The minimum atomic E-state index is 0.462. The van der Waals surface area contributed by atoms with Crippen LogP contribution in [0.15, 0.2) is 54.7 Å². The molecule has 0 amide bonds. The van der Waals surface area contributed by atoms with Crippen LogP contribution >= 0.6 is 11.3 Å². The smallest absolute Gasteiger partial charge is 0.143 e. The van der Waals surface area contributed by atoms with E-state index in [1.807, 2.05) is 0 Å². The van der Waals surface area contributed by atoms with Gasteiger partial charge in [0.1, 0.15) is 18.2 Å². The van der Waals surface area contributed by atoms with Crippen LogP contribution in [0, 0.1) is 0 Å². The van der Waals surface area contributed by atoms with E-state index >= 15 is 0 Å². The predicted octanol–water partition coefficient (Wildman–Crippen LogP) is 3.94. The minimum absolute atomic E-state index is 0.462. The average molecular weight is 296 g/mol. The molecule has 0 spiro atoms. The van der Waals surface area contributed by atoms with Crippen molar-refractivity contribution < 1.29 is 0 Å². The molecule has 2 heterocycles. The molecule has 2 aromatic heterocycles. The van der Waals surface area contributed by atoms with Crippen LogP contribution in [-0.2, 0) is 0 Å². The van der Waals surface area contributed by atoms with Gasteiger partial charge in [-0.15, -0.1) is 11.3 Å². The van der Waals surface area contributed by atoms with E-state index < -0.39 is 0 Å². The Balaban J connectivity index is 2.22. The summed E-state index contributed by atoms with van der Waals surface area (Å²) in [6.07, 6.45) is 1.63. The molecule has 0 aliphatic rings. The van der Waals surface area contributed by atoms with Crippen LogP contribution in [-0.4, -0.2) is 17.8 Å². The molecule has 0 aliphatic heterocycles. The summed E-state index contributed by atoms with van der Waals surface area (Å²) in [5, 5.41) is 6.13. The maximum atomic E-state index is 5.86. The summed E-state index contributed by atoms with van der Waals surface area (Å²) in [5.41, 5.74) is 1.37. The molecule has 0 aliphatic carbocycles. The van der Waals surface area contributed by atoms with Crippen LogP contribution in [0.3, 0.4) is 0 Å². The van der Waals surface area contributed by atoms with Crippen LogP contribution in [0.4, 0.5) is 0 Å². The first-order valence-corrected chi connectivity index (χ1v) is 7.89. The lowest BCUT2D eigenvalue weighted by molar-refractivity contribution is 1.38. The van der Waals surface area contributed by atoms with Gasteiger partial charge in [-0.1, -0.05) is 48.5 Å². The Labute approximate surface area is 131 Å². The standard InChI is InChI=1S/C18H9BN2S/c19-14-9-20-18-16(21-14)15-12-7-3-1-5-10(12)11-6-2-4-8-13(11)17(15)22-18/h1-9H. The third kappa shape index (κ3) is 1.50. The summed E-state index contributed by atoms with van der Waals surface area (Å²) in [4.78, 5) is 9.94. The SMILES string of the molecule is [B]c1cnc2sc3c4ccccc4c4ccccc4c3c2n1. The summed E-state index contributed by atoms with van der Waals surface area (Å²) >= 11 is 1.69. The second-order valence-electron chi connectivity index (χ2n) is 5.35. The van der Waals surface area contributed by atoms with Crippen molar-refractivity contribution in [2.45, 2.75) is 0 Å². The number of thiophene rings is 1. The Morgan fingerprint density at radius 1 is 0.818 bits per heavy atom. The van der Waals surface area contributed by atoms with Crippen LogP contribution in [0.25, 0.3) is 42.0 Å². The highest BCUT2D eigenvalue weighted by molar-refractivity contribution is 7.26. The molecule has 5 rings (SSSR count). The second kappa shape index (κ2) is 4.27. The molecular weight excluding hydrogens is 287 g/mol. The topological polar surface area (TPSA) is 25.8 Å². The maximum Gasteiger partial charge on any atom is 0.143 e. The van der Waals surface area contributed by atoms with Crippen LogP contribution in [0.2, 0.25) is 0 Å². The van der Waals surface area contributed by atoms with E-state index in [-0.39, 0.29) is 0 Å². The van der Waals surface area contributed by atoms with E-state index in [1.54, 1.807) is 17.5 Å². The molecule has 0 unspecified atom stereocenters. The summed E-state index contributed by atoms with van der Waals surface area (Å²) in [6, 6.07) is 17.0. The molecule has 100 valence electrons. The van der Waals surface area contributed by atoms with Gasteiger partial charge in [0.15, 0.2) is 0 Å². The highest BCUT2D eigenvalue weighted by atomic mass is 32.1. The third-order valence-corrected chi connectivity index (χ3v) is 5.20. The Bertz CT molecular complexity index is 1190.